The highest BCUT2D eigenvalue weighted by molar-refractivity contribution is 7.92. The molecule has 0 aromatic heterocycles. The van der Waals surface area contributed by atoms with Crippen LogP contribution in [-0.4, -0.2) is 63.6 Å². The number of halogens is 2. The topological polar surface area (TPSA) is 93.5 Å². The number of nitrogens with zero attached hydrogens (tertiary/aromatic N) is 3. The van der Waals surface area contributed by atoms with Crippen molar-refractivity contribution in [2.45, 2.75) is 31.1 Å². The molecule has 4 aromatic rings. The molecule has 1 unspecified atom stereocenters. The molecule has 234 valence electrons. The van der Waals surface area contributed by atoms with Crippen LogP contribution in [0.25, 0.3) is 10.8 Å². The number of hydrogen-bond acceptors (Lipinski definition) is 5. The molecule has 1 saturated heterocycles. The van der Waals surface area contributed by atoms with Crippen molar-refractivity contribution < 1.29 is 13.2 Å². The number of benzene rings is 4. The van der Waals surface area contributed by atoms with Crippen molar-refractivity contribution >= 4 is 55.6 Å². The fourth-order valence-corrected chi connectivity index (χ4v) is 7.14. The fourth-order valence-electron chi connectivity index (χ4n) is 6.25. The molecule has 1 aliphatic heterocycles. The Morgan fingerprint density at radius 1 is 1.02 bits per heavy atom. The van der Waals surface area contributed by atoms with E-state index in [2.05, 4.69) is 15.7 Å². The van der Waals surface area contributed by atoms with Gasteiger partial charge in [-0.1, -0.05) is 71.7 Å². The van der Waals surface area contributed by atoms with Crippen LogP contribution in [0.5, 0.6) is 0 Å². The van der Waals surface area contributed by atoms with E-state index in [1.165, 1.54) is 6.26 Å². The Labute approximate surface area is 275 Å². The molecule has 0 spiro atoms. The van der Waals surface area contributed by atoms with Gasteiger partial charge >= 0.3 is 0 Å². The first-order chi connectivity index (χ1) is 21.5. The molecule has 1 aliphatic rings. The normalized spacial score (nSPS) is 15.0. The number of amides is 1. The number of piperidine rings is 1. The van der Waals surface area contributed by atoms with Gasteiger partial charge in [-0.2, -0.15) is 5.26 Å². The number of hydrogen-bond donors (Lipinski definition) is 1. The maximum absolute atomic E-state index is 13.8. The van der Waals surface area contributed by atoms with Crippen molar-refractivity contribution in [2.75, 3.05) is 44.2 Å². The Morgan fingerprint density at radius 3 is 2.44 bits per heavy atom. The lowest BCUT2D eigenvalue weighted by Crippen LogP contribution is -2.36. The minimum atomic E-state index is -3.37. The van der Waals surface area contributed by atoms with E-state index in [0.29, 0.717) is 33.4 Å². The lowest BCUT2D eigenvalue weighted by atomic mass is 9.88. The first kappa shape index (κ1) is 32.8. The highest BCUT2D eigenvalue weighted by Gasteiger charge is 2.26. The van der Waals surface area contributed by atoms with Crippen molar-refractivity contribution in [1.29, 1.82) is 5.26 Å². The summed E-state index contributed by atoms with van der Waals surface area (Å²) < 4.78 is 26.5. The molecule has 0 saturated carbocycles. The second kappa shape index (κ2) is 14.2. The van der Waals surface area contributed by atoms with E-state index < -0.39 is 10.0 Å². The number of carbonyl (C=O) groups is 1. The van der Waals surface area contributed by atoms with E-state index in [1.807, 2.05) is 60.7 Å². The lowest BCUT2D eigenvalue weighted by molar-refractivity contribution is 0.0783. The maximum atomic E-state index is 13.8. The zero-order valence-corrected chi connectivity index (χ0v) is 27.7. The molecule has 5 rings (SSSR count). The van der Waals surface area contributed by atoms with Gasteiger partial charge in [0.2, 0.25) is 10.0 Å². The maximum Gasteiger partial charge on any atom is 0.254 e. The number of para-hydroxylation sites is 1. The van der Waals surface area contributed by atoms with Gasteiger partial charge in [0, 0.05) is 25.1 Å². The number of sulfonamides is 1. The number of likely N-dealkylation sites (N-methyl/N-ethyl adjacent to an activating group) is 1. The van der Waals surface area contributed by atoms with Crippen molar-refractivity contribution in [2.24, 2.45) is 0 Å². The number of fused-ring (bicyclic) bond motifs is 1. The summed E-state index contributed by atoms with van der Waals surface area (Å²) in [5.74, 6) is 0.118. The van der Waals surface area contributed by atoms with Crippen LogP contribution in [0.1, 0.15) is 58.1 Å². The highest BCUT2D eigenvalue weighted by Crippen LogP contribution is 2.35. The van der Waals surface area contributed by atoms with Crippen LogP contribution >= 0.6 is 23.2 Å². The smallest absolute Gasteiger partial charge is 0.254 e. The van der Waals surface area contributed by atoms with Crippen molar-refractivity contribution in [3.63, 3.8) is 0 Å². The molecule has 1 heterocycles. The summed E-state index contributed by atoms with van der Waals surface area (Å²) in [6, 6.07) is 26.6. The fraction of sp³-hybridized carbons (Fsp3) is 0.314. The minimum absolute atomic E-state index is 0.00320. The van der Waals surface area contributed by atoms with Gasteiger partial charge in [0.05, 0.1) is 33.6 Å². The van der Waals surface area contributed by atoms with E-state index in [1.54, 1.807) is 30.1 Å². The third kappa shape index (κ3) is 8.16. The van der Waals surface area contributed by atoms with Gasteiger partial charge in [-0.15, -0.1) is 0 Å². The third-order valence-corrected chi connectivity index (χ3v) is 9.88. The predicted octanol–water partition coefficient (Wildman–Crippen LogP) is 7.52. The summed E-state index contributed by atoms with van der Waals surface area (Å²) in [4.78, 5) is 18.0. The van der Waals surface area contributed by atoms with Crippen LogP contribution in [-0.2, 0) is 10.0 Å². The Balaban J connectivity index is 1.30. The average Bonchev–Trinajstić information content (AvgIpc) is 3.03. The van der Waals surface area contributed by atoms with Gasteiger partial charge in [0.1, 0.15) is 0 Å². The molecule has 1 N–H and O–H groups in total. The quantitative estimate of drug-likeness (QED) is 0.190. The molecule has 1 fully saturated rings. The predicted molar refractivity (Wildman–Crippen MR) is 183 cm³/mol. The summed E-state index contributed by atoms with van der Waals surface area (Å²) in [5.41, 5.74) is 3.65. The van der Waals surface area contributed by atoms with E-state index in [-0.39, 0.29) is 17.7 Å². The van der Waals surface area contributed by atoms with E-state index in [0.717, 1.165) is 60.8 Å². The minimum Gasteiger partial charge on any atom is -0.341 e. The average molecular weight is 664 g/mol. The molecule has 1 atom stereocenters. The number of nitrogens with one attached hydrogen (secondary N) is 1. The molecule has 7 nitrogen and oxygen atoms in total. The first-order valence-corrected chi connectivity index (χ1v) is 17.6. The van der Waals surface area contributed by atoms with Crippen LogP contribution < -0.4 is 4.72 Å². The Kier molecular flexibility index (Phi) is 10.4. The van der Waals surface area contributed by atoms with Crippen LogP contribution in [0.3, 0.4) is 0 Å². The number of rotatable bonds is 10. The van der Waals surface area contributed by atoms with Crippen LogP contribution in [0.2, 0.25) is 10.0 Å². The number of nitriles is 1. The molecule has 0 aliphatic carbocycles. The van der Waals surface area contributed by atoms with Crippen LogP contribution in [0.15, 0.2) is 78.9 Å². The van der Waals surface area contributed by atoms with Crippen molar-refractivity contribution in [3.8, 4) is 6.07 Å². The number of likely N-dealkylation sites (tertiary alicyclic amines) is 1. The van der Waals surface area contributed by atoms with Gasteiger partial charge in [-0.05, 0) is 97.0 Å². The summed E-state index contributed by atoms with van der Waals surface area (Å²) >= 11 is 12.7. The third-order valence-electron chi connectivity index (χ3n) is 8.55. The Morgan fingerprint density at radius 2 is 1.73 bits per heavy atom. The van der Waals surface area contributed by atoms with Crippen molar-refractivity contribution in [3.05, 3.63) is 111 Å². The molecule has 1 amide bonds. The first-order valence-electron chi connectivity index (χ1n) is 14.9. The Bertz CT molecular complexity index is 1850. The SMILES string of the molecule is CN(CC(CCN1CCC(c2ccccc2NS(C)(=O)=O)CC1)c1ccc(Cl)c(Cl)c1)C(=O)c1cc(C#N)cc2ccccc12. The molecule has 10 heteroatoms. The van der Waals surface area contributed by atoms with E-state index in [9.17, 15) is 18.5 Å². The summed E-state index contributed by atoms with van der Waals surface area (Å²) in [7, 11) is -1.57. The second-order valence-electron chi connectivity index (χ2n) is 11.8. The monoisotopic (exact) mass is 662 g/mol. The zero-order chi connectivity index (χ0) is 32.1. The van der Waals surface area contributed by atoms with Crippen LogP contribution in [0, 0.1) is 11.3 Å². The molecular weight excluding hydrogens is 627 g/mol. The van der Waals surface area contributed by atoms with Gasteiger partial charge in [-0.3, -0.25) is 9.52 Å². The summed E-state index contributed by atoms with van der Waals surface area (Å²) in [6.07, 6.45) is 3.81. The molecular formula is C35H36Cl2N4O3S. The summed E-state index contributed by atoms with van der Waals surface area (Å²) in [6.45, 7) is 3.06. The highest BCUT2D eigenvalue weighted by atomic mass is 35.5. The summed E-state index contributed by atoms with van der Waals surface area (Å²) in [5, 5.41) is 12.2. The van der Waals surface area contributed by atoms with Gasteiger partial charge in [0.25, 0.3) is 5.91 Å². The van der Waals surface area contributed by atoms with Crippen LogP contribution in [0.4, 0.5) is 5.69 Å². The Hall–Kier alpha value is -3.61. The standard InChI is InChI=1S/C35H36Cl2N4O3S/c1-40(35(42)31-20-24(22-38)19-27-7-3-4-8-29(27)31)23-28(26-11-12-32(36)33(37)21-26)15-18-41-16-13-25(14-17-41)30-9-5-6-10-34(30)39-45(2,43)44/h3-12,19-21,25,28,39H,13-18,23H2,1-2H3. The second-order valence-corrected chi connectivity index (χ2v) is 14.3. The van der Waals surface area contributed by atoms with E-state index >= 15 is 0 Å². The molecule has 4 aromatic carbocycles. The molecule has 45 heavy (non-hydrogen) atoms. The molecule has 0 bridgehead atoms. The number of carbonyl (C=O) groups excluding carboxylic acids is 1. The largest absolute Gasteiger partial charge is 0.341 e. The van der Waals surface area contributed by atoms with Crippen molar-refractivity contribution in [1.82, 2.24) is 9.80 Å². The lowest BCUT2D eigenvalue weighted by Gasteiger charge is -2.34. The van der Waals surface area contributed by atoms with Gasteiger partial charge in [-0.25, -0.2) is 8.42 Å². The molecule has 0 radical (unpaired) electrons. The van der Waals surface area contributed by atoms with E-state index in [4.69, 9.17) is 23.2 Å². The number of anilines is 1. The zero-order valence-electron chi connectivity index (χ0n) is 25.3. The van der Waals surface area contributed by atoms with Gasteiger partial charge in [0.15, 0.2) is 0 Å². The van der Waals surface area contributed by atoms with Gasteiger partial charge < -0.3 is 9.80 Å².